The van der Waals surface area contributed by atoms with Crippen LogP contribution in [0.25, 0.3) is 105 Å². The molecule has 58 heavy (non-hydrogen) atoms. The lowest BCUT2D eigenvalue weighted by Gasteiger charge is -2.29. The van der Waals surface area contributed by atoms with Gasteiger partial charge in [0, 0.05) is 50.6 Å². The number of hydrogen-bond donors (Lipinski definition) is 0. The van der Waals surface area contributed by atoms with Crippen LogP contribution < -0.4 is 4.90 Å². The van der Waals surface area contributed by atoms with E-state index >= 15 is 0 Å². The smallest absolute Gasteiger partial charge is 0.238 e. The molecular formula is C52H32N6. The molecule has 1 aliphatic rings. The van der Waals surface area contributed by atoms with Crippen LogP contribution in [0, 0.1) is 0 Å². The van der Waals surface area contributed by atoms with Gasteiger partial charge in [0.25, 0.3) is 0 Å². The number of anilines is 3. The van der Waals surface area contributed by atoms with E-state index in [1.54, 1.807) is 0 Å². The van der Waals surface area contributed by atoms with E-state index in [0.29, 0.717) is 17.6 Å². The maximum Gasteiger partial charge on any atom is 0.238 e. The third-order valence-corrected chi connectivity index (χ3v) is 12.3. The first kappa shape index (κ1) is 31.4. The van der Waals surface area contributed by atoms with E-state index in [4.69, 9.17) is 15.0 Å². The number of hydrogen-bond acceptors (Lipinski definition) is 4. The molecule has 0 atom stereocenters. The van der Waals surface area contributed by atoms with Crippen LogP contribution >= 0.6 is 0 Å². The van der Waals surface area contributed by atoms with Crippen LogP contribution in [0.3, 0.4) is 0 Å². The number of benzene rings is 8. The third kappa shape index (κ3) is 4.23. The highest BCUT2D eigenvalue weighted by atomic mass is 15.3. The van der Waals surface area contributed by atoms with Crippen LogP contribution in [0.1, 0.15) is 0 Å². The largest absolute Gasteiger partial charge is 0.344 e. The number of aryl methyl sites for hydroxylation is 1. The highest BCUT2D eigenvalue weighted by molar-refractivity contribution is 6.35. The molecule has 5 heterocycles. The van der Waals surface area contributed by atoms with E-state index in [0.717, 1.165) is 44.7 Å². The van der Waals surface area contributed by atoms with Gasteiger partial charge in [-0.2, -0.15) is 9.97 Å². The zero-order valence-electron chi connectivity index (χ0n) is 31.4. The second-order valence-corrected chi connectivity index (χ2v) is 15.3. The van der Waals surface area contributed by atoms with Crippen molar-refractivity contribution >= 4 is 77.2 Å². The minimum absolute atomic E-state index is 0.572. The fourth-order valence-electron chi connectivity index (χ4n) is 9.61. The van der Waals surface area contributed by atoms with Gasteiger partial charge in [0.05, 0.1) is 33.4 Å². The molecule has 12 aromatic rings. The zero-order valence-corrected chi connectivity index (χ0v) is 31.4. The summed E-state index contributed by atoms with van der Waals surface area (Å²) in [6.07, 6.45) is 0. The molecule has 13 rings (SSSR count). The van der Waals surface area contributed by atoms with E-state index in [1.807, 2.05) is 12.1 Å². The topological polar surface area (TPSA) is 51.2 Å². The summed E-state index contributed by atoms with van der Waals surface area (Å²) in [7, 11) is 2.19. The lowest BCUT2D eigenvalue weighted by atomic mass is 10.0. The van der Waals surface area contributed by atoms with Gasteiger partial charge in [-0.25, -0.2) is 4.98 Å². The summed E-state index contributed by atoms with van der Waals surface area (Å²) in [6.45, 7) is 0. The van der Waals surface area contributed by atoms with Gasteiger partial charge in [-0.15, -0.1) is 0 Å². The average Bonchev–Trinajstić information content (AvgIpc) is 3.74. The Morgan fingerprint density at radius 2 is 0.810 bits per heavy atom. The maximum absolute atomic E-state index is 5.37. The molecule has 0 saturated carbocycles. The normalized spacial score (nSPS) is 12.5. The Morgan fingerprint density at radius 1 is 0.345 bits per heavy atom. The lowest BCUT2D eigenvalue weighted by molar-refractivity contribution is 1.01. The predicted octanol–water partition coefficient (Wildman–Crippen LogP) is 13.1. The second kappa shape index (κ2) is 11.6. The molecule has 270 valence electrons. The maximum atomic E-state index is 5.37. The Balaban J connectivity index is 1.09. The van der Waals surface area contributed by atoms with E-state index in [-0.39, 0.29) is 0 Å². The lowest BCUT2D eigenvalue weighted by Crippen LogP contribution is -2.19. The molecule has 0 amide bonds. The van der Waals surface area contributed by atoms with Gasteiger partial charge >= 0.3 is 0 Å². The van der Waals surface area contributed by atoms with E-state index in [9.17, 15) is 0 Å². The molecule has 0 bridgehead atoms. The van der Waals surface area contributed by atoms with Crippen molar-refractivity contribution in [3.8, 4) is 45.0 Å². The van der Waals surface area contributed by atoms with Gasteiger partial charge < -0.3 is 8.97 Å². The summed E-state index contributed by atoms with van der Waals surface area (Å²) in [5.74, 6) is 1.81. The average molecular weight is 741 g/mol. The Kier molecular flexibility index (Phi) is 6.28. The van der Waals surface area contributed by atoms with Crippen LogP contribution in [0.15, 0.2) is 176 Å². The van der Waals surface area contributed by atoms with Crippen molar-refractivity contribution in [2.45, 2.75) is 0 Å². The molecule has 0 aliphatic carbocycles. The molecule has 6 nitrogen and oxygen atoms in total. The van der Waals surface area contributed by atoms with Crippen molar-refractivity contribution < 1.29 is 0 Å². The SMILES string of the molecule is Cn1c2cccc3c4cccc5c4n4c6c(cccc6c6ccc1c(c32)c64)N5c1nc(-c2ccc(-c3ccccc3)cc2)nc(-c2ccc(-c3ccccc3)cc2)n1. The predicted molar refractivity (Wildman–Crippen MR) is 238 cm³/mol. The van der Waals surface area contributed by atoms with Crippen molar-refractivity contribution in [1.29, 1.82) is 0 Å². The Labute approximate surface area is 332 Å². The van der Waals surface area contributed by atoms with Crippen molar-refractivity contribution in [3.63, 3.8) is 0 Å². The minimum Gasteiger partial charge on any atom is -0.344 e. The summed E-state index contributed by atoms with van der Waals surface area (Å²) < 4.78 is 4.87. The van der Waals surface area contributed by atoms with E-state index < -0.39 is 0 Å². The van der Waals surface area contributed by atoms with Gasteiger partial charge in [-0.3, -0.25) is 4.90 Å². The summed E-state index contributed by atoms with van der Waals surface area (Å²) >= 11 is 0. The molecular weight excluding hydrogens is 709 g/mol. The van der Waals surface area contributed by atoms with Crippen molar-refractivity contribution in [2.24, 2.45) is 7.05 Å². The fraction of sp³-hybridized carbons (Fsp3) is 0.0192. The number of nitrogens with zero attached hydrogens (tertiary/aromatic N) is 6. The zero-order chi connectivity index (χ0) is 38.1. The molecule has 4 aromatic heterocycles. The summed E-state index contributed by atoms with van der Waals surface area (Å²) in [5.41, 5.74) is 14.5. The molecule has 0 fully saturated rings. The van der Waals surface area contributed by atoms with Gasteiger partial charge in [0.2, 0.25) is 5.95 Å². The summed E-state index contributed by atoms with van der Waals surface area (Å²) in [4.78, 5) is 18.2. The first-order chi connectivity index (χ1) is 28.7. The number of aromatic nitrogens is 5. The number of rotatable bonds is 5. The highest BCUT2D eigenvalue weighted by Gasteiger charge is 2.31. The minimum atomic E-state index is 0.572. The Hall–Kier alpha value is -7.83. The van der Waals surface area contributed by atoms with E-state index in [1.165, 1.54) is 60.0 Å². The quantitative estimate of drug-likeness (QED) is 0.176. The van der Waals surface area contributed by atoms with Crippen LogP contribution in [-0.2, 0) is 7.05 Å². The molecule has 0 unspecified atom stereocenters. The molecule has 0 radical (unpaired) electrons. The van der Waals surface area contributed by atoms with Gasteiger partial charge in [0.15, 0.2) is 11.6 Å². The molecule has 1 aliphatic heterocycles. The third-order valence-electron chi connectivity index (χ3n) is 12.3. The monoisotopic (exact) mass is 740 g/mol. The molecule has 0 spiro atoms. The molecule has 0 N–H and O–H groups in total. The number of para-hydroxylation sites is 2. The van der Waals surface area contributed by atoms with Crippen LogP contribution in [0.5, 0.6) is 0 Å². The molecule has 6 heteroatoms. The number of fused-ring (bicyclic) bond motifs is 2. The van der Waals surface area contributed by atoms with Crippen LogP contribution in [-0.4, -0.2) is 23.9 Å². The highest BCUT2D eigenvalue weighted by Crippen LogP contribution is 2.52. The van der Waals surface area contributed by atoms with Crippen molar-refractivity contribution in [1.82, 2.24) is 23.9 Å². The van der Waals surface area contributed by atoms with Gasteiger partial charge in [-0.1, -0.05) is 152 Å². The Morgan fingerprint density at radius 3 is 1.40 bits per heavy atom. The Bertz CT molecular complexity index is 3500. The summed E-state index contributed by atoms with van der Waals surface area (Å²) in [5, 5.41) is 7.46. The first-order valence-corrected chi connectivity index (χ1v) is 19.7. The van der Waals surface area contributed by atoms with Crippen LogP contribution in [0.2, 0.25) is 0 Å². The van der Waals surface area contributed by atoms with Gasteiger partial charge in [0.1, 0.15) is 0 Å². The van der Waals surface area contributed by atoms with Crippen molar-refractivity contribution in [3.05, 3.63) is 176 Å². The molecule has 8 aromatic carbocycles. The van der Waals surface area contributed by atoms with Crippen molar-refractivity contribution in [2.75, 3.05) is 4.90 Å². The fourth-order valence-corrected chi connectivity index (χ4v) is 9.61. The second-order valence-electron chi connectivity index (χ2n) is 15.3. The molecule has 0 saturated heterocycles. The van der Waals surface area contributed by atoms with Crippen LogP contribution in [0.4, 0.5) is 17.3 Å². The van der Waals surface area contributed by atoms with E-state index in [2.05, 4.69) is 185 Å². The summed E-state index contributed by atoms with van der Waals surface area (Å²) in [6, 6.07) is 62.6. The van der Waals surface area contributed by atoms with Gasteiger partial charge in [-0.05, 0) is 51.9 Å². The first-order valence-electron chi connectivity index (χ1n) is 19.7. The standard InChI is InChI=1S/C52H32N6/c1-56-41-18-8-15-37-38-16-9-19-43-47(38)58-48-39(40-29-30-42(56)46(45(37)41)49(40)58)17-10-20-44(48)57(43)52-54-50(35-25-21-33(22-26-35)31-11-4-2-5-12-31)53-51(55-52)36-27-23-34(24-28-36)32-13-6-3-7-14-32/h2-30H,1H3.